The van der Waals surface area contributed by atoms with Crippen molar-refractivity contribution in [1.82, 2.24) is 4.31 Å². The lowest BCUT2D eigenvalue weighted by Crippen LogP contribution is -2.35. The highest BCUT2D eigenvalue weighted by molar-refractivity contribution is 7.88. The Morgan fingerprint density at radius 3 is 2.67 bits per heavy atom. The van der Waals surface area contributed by atoms with E-state index in [0.717, 1.165) is 22.3 Å². The van der Waals surface area contributed by atoms with Gasteiger partial charge in [0.15, 0.2) is 6.61 Å². The molecule has 6 nitrogen and oxygen atoms in total. The number of benzene rings is 2. The van der Waals surface area contributed by atoms with E-state index in [2.05, 4.69) is 5.32 Å². The second-order valence-electron chi connectivity index (χ2n) is 6.94. The molecule has 0 saturated heterocycles. The molecule has 1 aliphatic rings. The van der Waals surface area contributed by atoms with Crippen LogP contribution in [0.5, 0.6) is 5.75 Å². The maximum absolute atomic E-state index is 12.2. The third-order valence-electron chi connectivity index (χ3n) is 4.64. The summed E-state index contributed by atoms with van der Waals surface area (Å²) in [6, 6.07) is 11.5. The van der Waals surface area contributed by atoms with Crippen molar-refractivity contribution in [1.29, 1.82) is 0 Å². The molecule has 1 N–H and O–H groups in total. The van der Waals surface area contributed by atoms with Gasteiger partial charge >= 0.3 is 0 Å². The molecule has 2 aromatic rings. The van der Waals surface area contributed by atoms with Crippen LogP contribution in [0.4, 0.5) is 5.69 Å². The van der Waals surface area contributed by atoms with Crippen LogP contribution in [0.2, 0.25) is 0 Å². The molecule has 1 amide bonds. The standard InChI is InChI=1S/C20H24N2O4S/c1-14-4-5-15(2)19(10-14)26-13-20(23)21-18-7-6-16-8-9-22(27(3,24)25)12-17(16)11-18/h4-7,10-11H,8-9,12-13H2,1-3H3,(H,21,23). The number of carbonyl (C=O) groups is 1. The molecule has 0 saturated carbocycles. The van der Waals surface area contributed by atoms with Gasteiger partial charge in [0.1, 0.15) is 5.75 Å². The third kappa shape index (κ3) is 4.87. The zero-order valence-electron chi connectivity index (χ0n) is 15.8. The highest BCUT2D eigenvalue weighted by Gasteiger charge is 2.23. The summed E-state index contributed by atoms with van der Waals surface area (Å²) in [6.45, 7) is 4.64. The zero-order chi connectivity index (χ0) is 19.6. The van der Waals surface area contributed by atoms with Crippen LogP contribution in [0.15, 0.2) is 36.4 Å². The number of rotatable bonds is 5. The van der Waals surface area contributed by atoms with E-state index in [4.69, 9.17) is 4.74 Å². The van der Waals surface area contributed by atoms with Crippen LogP contribution >= 0.6 is 0 Å². The monoisotopic (exact) mass is 388 g/mol. The van der Waals surface area contributed by atoms with E-state index < -0.39 is 10.0 Å². The van der Waals surface area contributed by atoms with Crippen molar-refractivity contribution in [2.75, 3.05) is 24.7 Å². The van der Waals surface area contributed by atoms with Crippen molar-refractivity contribution in [3.63, 3.8) is 0 Å². The molecule has 1 heterocycles. The number of aryl methyl sites for hydroxylation is 2. The van der Waals surface area contributed by atoms with Crippen molar-refractivity contribution in [2.45, 2.75) is 26.8 Å². The van der Waals surface area contributed by atoms with E-state index in [1.165, 1.54) is 10.6 Å². The van der Waals surface area contributed by atoms with Gasteiger partial charge in [-0.3, -0.25) is 4.79 Å². The van der Waals surface area contributed by atoms with Gasteiger partial charge in [-0.15, -0.1) is 0 Å². The molecular weight excluding hydrogens is 364 g/mol. The highest BCUT2D eigenvalue weighted by atomic mass is 32.2. The molecule has 144 valence electrons. The third-order valence-corrected chi connectivity index (χ3v) is 5.89. The van der Waals surface area contributed by atoms with Gasteiger partial charge in [-0.1, -0.05) is 18.2 Å². The smallest absolute Gasteiger partial charge is 0.262 e. The summed E-state index contributed by atoms with van der Waals surface area (Å²) in [6.07, 6.45) is 1.89. The number of sulfonamides is 1. The van der Waals surface area contributed by atoms with Crippen LogP contribution < -0.4 is 10.1 Å². The molecule has 7 heteroatoms. The molecule has 27 heavy (non-hydrogen) atoms. The molecular formula is C20H24N2O4S. The molecule has 0 radical (unpaired) electrons. The summed E-state index contributed by atoms with van der Waals surface area (Å²) in [5.74, 6) is 0.436. The van der Waals surface area contributed by atoms with Gasteiger partial charge in [0.2, 0.25) is 10.0 Å². The van der Waals surface area contributed by atoms with Gasteiger partial charge in [0.05, 0.1) is 6.26 Å². The van der Waals surface area contributed by atoms with E-state index in [1.54, 1.807) is 0 Å². The number of fused-ring (bicyclic) bond motifs is 1. The molecule has 0 atom stereocenters. The Hall–Kier alpha value is -2.38. The Labute approximate surface area is 160 Å². The molecule has 1 aliphatic heterocycles. The van der Waals surface area contributed by atoms with E-state index in [0.29, 0.717) is 30.9 Å². The minimum absolute atomic E-state index is 0.0865. The second kappa shape index (κ2) is 7.70. The summed E-state index contributed by atoms with van der Waals surface area (Å²) >= 11 is 0. The fraction of sp³-hybridized carbons (Fsp3) is 0.350. The van der Waals surface area contributed by atoms with Crippen LogP contribution in [-0.4, -0.2) is 38.0 Å². The SMILES string of the molecule is Cc1ccc(C)c(OCC(=O)Nc2ccc3c(c2)CN(S(C)(=O)=O)CC3)c1. The summed E-state index contributed by atoms with van der Waals surface area (Å²) < 4.78 is 30.6. The lowest BCUT2D eigenvalue weighted by molar-refractivity contribution is -0.118. The average molecular weight is 388 g/mol. The summed E-state index contributed by atoms with van der Waals surface area (Å²) in [5.41, 5.74) is 4.71. The van der Waals surface area contributed by atoms with Gasteiger partial charge in [-0.05, 0) is 60.7 Å². The van der Waals surface area contributed by atoms with Crippen LogP contribution in [0, 0.1) is 13.8 Å². The predicted octanol–water partition coefficient (Wildman–Crippen LogP) is 2.64. The van der Waals surface area contributed by atoms with Crippen LogP contribution in [0.1, 0.15) is 22.3 Å². The second-order valence-corrected chi connectivity index (χ2v) is 8.92. The Morgan fingerprint density at radius 2 is 1.93 bits per heavy atom. The van der Waals surface area contributed by atoms with E-state index in [-0.39, 0.29) is 12.5 Å². The van der Waals surface area contributed by atoms with Crippen molar-refractivity contribution in [2.24, 2.45) is 0 Å². The topological polar surface area (TPSA) is 75.7 Å². The van der Waals surface area contributed by atoms with Gasteiger partial charge < -0.3 is 10.1 Å². The summed E-state index contributed by atoms with van der Waals surface area (Å²) in [7, 11) is -3.23. The Kier molecular flexibility index (Phi) is 5.53. The normalized spacial score (nSPS) is 14.5. The van der Waals surface area contributed by atoms with Gasteiger partial charge in [-0.2, -0.15) is 4.31 Å². The molecule has 3 rings (SSSR count). The van der Waals surface area contributed by atoms with Gasteiger partial charge in [0.25, 0.3) is 5.91 Å². The van der Waals surface area contributed by atoms with E-state index in [9.17, 15) is 13.2 Å². The summed E-state index contributed by atoms with van der Waals surface area (Å²) in [4.78, 5) is 12.2. The molecule has 0 aliphatic carbocycles. The largest absolute Gasteiger partial charge is 0.483 e. The first kappa shape index (κ1) is 19.4. The van der Waals surface area contributed by atoms with Crippen molar-refractivity contribution >= 4 is 21.6 Å². The molecule has 0 fully saturated rings. The number of nitrogens with one attached hydrogen (secondary N) is 1. The number of nitrogens with zero attached hydrogens (tertiary/aromatic N) is 1. The lowest BCUT2D eigenvalue weighted by atomic mass is 10.0. The number of amides is 1. The van der Waals surface area contributed by atoms with Crippen molar-refractivity contribution in [3.05, 3.63) is 58.7 Å². The van der Waals surface area contributed by atoms with Crippen LogP contribution in [0.3, 0.4) is 0 Å². The summed E-state index contributed by atoms with van der Waals surface area (Å²) in [5, 5.41) is 2.82. The van der Waals surface area contributed by atoms with Crippen LogP contribution in [0.25, 0.3) is 0 Å². The molecule has 0 bridgehead atoms. The number of anilines is 1. The first-order chi connectivity index (χ1) is 12.7. The number of hydrogen-bond acceptors (Lipinski definition) is 4. The van der Waals surface area contributed by atoms with Crippen molar-refractivity contribution in [3.8, 4) is 5.75 Å². The quantitative estimate of drug-likeness (QED) is 0.854. The van der Waals surface area contributed by atoms with E-state index >= 15 is 0 Å². The maximum Gasteiger partial charge on any atom is 0.262 e. The molecule has 2 aromatic carbocycles. The maximum atomic E-state index is 12.2. The Morgan fingerprint density at radius 1 is 1.15 bits per heavy atom. The Balaban J connectivity index is 1.64. The lowest BCUT2D eigenvalue weighted by Gasteiger charge is -2.27. The van der Waals surface area contributed by atoms with Gasteiger partial charge in [0, 0.05) is 18.8 Å². The molecule has 0 aromatic heterocycles. The average Bonchev–Trinajstić information content (AvgIpc) is 2.61. The zero-order valence-corrected chi connectivity index (χ0v) is 16.6. The van der Waals surface area contributed by atoms with E-state index in [1.807, 2.05) is 50.2 Å². The van der Waals surface area contributed by atoms with Crippen molar-refractivity contribution < 1.29 is 17.9 Å². The number of carbonyl (C=O) groups excluding carboxylic acids is 1. The predicted molar refractivity (Wildman–Crippen MR) is 105 cm³/mol. The number of ether oxygens (including phenoxy) is 1. The fourth-order valence-electron chi connectivity index (χ4n) is 3.10. The fourth-order valence-corrected chi connectivity index (χ4v) is 3.89. The first-order valence-electron chi connectivity index (χ1n) is 8.79. The van der Waals surface area contributed by atoms with Crippen LogP contribution in [-0.2, 0) is 27.8 Å². The number of hydrogen-bond donors (Lipinski definition) is 1. The van der Waals surface area contributed by atoms with Gasteiger partial charge in [-0.25, -0.2) is 8.42 Å². The minimum Gasteiger partial charge on any atom is -0.483 e. The molecule has 0 unspecified atom stereocenters. The minimum atomic E-state index is -3.23. The first-order valence-corrected chi connectivity index (χ1v) is 10.6. The highest BCUT2D eigenvalue weighted by Crippen LogP contribution is 2.24. The molecule has 0 spiro atoms. The Bertz CT molecular complexity index is 970.